The second-order valence-corrected chi connectivity index (χ2v) is 5.50. The van der Waals surface area contributed by atoms with E-state index in [9.17, 15) is 4.79 Å². The molecule has 0 aliphatic heterocycles. The van der Waals surface area contributed by atoms with E-state index in [1.54, 1.807) is 11.8 Å². The van der Waals surface area contributed by atoms with Gasteiger partial charge in [-0.05, 0) is 43.6 Å². The van der Waals surface area contributed by atoms with Crippen molar-refractivity contribution >= 4 is 5.91 Å². The Labute approximate surface area is 109 Å². The van der Waals surface area contributed by atoms with Crippen LogP contribution in [0, 0.1) is 0 Å². The molecule has 0 aromatic heterocycles. The number of carbonyl (C=O) groups is 1. The van der Waals surface area contributed by atoms with Crippen molar-refractivity contribution < 1.29 is 4.79 Å². The summed E-state index contributed by atoms with van der Waals surface area (Å²) in [6.45, 7) is 2.31. The van der Waals surface area contributed by atoms with E-state index < -0.39 is 0 Å². The van der Waals surface area contributed by atoms with Gasteiger partial charge in [-0.1, -0.05) is 18.2 Å². The van der Waals surface area contributed by atoms with E-state index in [2.05, 4.69) is 37.2 Å². The van der Waals surface area contributed by atoms with Gasteiger partial charge in [0.05, 0.1) is 0 Å². The lowest BCUT2D eigenvalue weighted by molar-refractivity contribution is -0.128. The van der Waals surface area contributed by atoms with Gasteiger partial charge in [-0.3, -0.25) is 4.79 Å². The fourth-order valence-corrected chi connectivity index (χ4v) is 2.50. The second kappa shape index (κ2) is 5.11. The zero-order valence-electron chi connectivity index (χ0n) is 11.7. The van der Waals surface area contributed by atoms with E-state index in [-0.39, 0.29) is 5.91 Å². The van der Waals surface area contributed by atoms with Crippen molar-refractivity contribution in [3.63, 3.8) is 0 Å². The molecule has 0 bridgehead atoms. The number of hydrogen-bond donors (Lipinski definition) is 0. The van der Waals surface area contributed by atoms with Crippen LogP contribution in [0.5, 0.6) is 0 Å². The van der Waals surface area contributed by atoms with Gasteiger partial charge in [-0.15, -0.1) is 0 Å². The third kappa shape index (κ3) is 2.72. The summed E-state index contributed by atoms with van der Waals surface area (Å²) in [6.07, 6.45) is 2.27. The molecule has 3 nitrogen and oxygen atoms in total. The van der Waals surface area contributed by atoms with E-state index in [1.165, 1.54) is 16.7 Å². The minimum absolute atomic E-state index is 0.113. The summed E-state index contributed by atoms with van der Waals surface area (Å²) in [7, 11) is 6.13. The molecule has 0 saturated heterocycles. The number of benzene rings is 1. The van der Waals surface area contributed by atoms with Crippen LogP contribution in [-0.2, 0) is 24.2 Å². The Hall–Kier alpha value is -1.35. The van der Waals surface area contributed by atoms with Crippen molar-refractivity contribution in [1.29, 1.82) is 0 Å². The minimum atomic E-state index is 0.113. The van der Waals surface area contributed by atoms with Gasteiger partial charge in [0.2, 0.25) is 5.91 Å². The molecule has 0 spiro atoms. The molecule has 1 amide bonds. The van der Waals surface area contributed by atoms with Crippen molar-refractivity contribution in [3.8, 4) is 0 Å². The van der Waals surface area contributed by atoms with Gasteiger partial charge in [0.1, 0.15) is 0 Å². The third-order valence-corrected chi connectivity index (χ3v) is 3.87. The number of rotatable bonds is 3. The molecule has 0 radical (unpaired) electrons. The molecule has 1 aliphatic rings. The Morgan fingerprint density at radius 2 is 1.89 bits per heavy atom. The molecule has 18 heavy (non-hydrogen) atoms. The Morgan fingerprint density at radius 3 is 2.50 bits per heavy atom. The van der Waals surface area contributed by atoms with Crippen molar-refractivity contribution in [2.24, 2.45) is 0 Å². The van der Waals surface area contributed by atoms with Gasteiger partial charge in [0, 0.05) is 26.6 Å². The fraction of sp³-hybridized carbons (Fsp3) is 0.533. The number of amides is 1. The first-order valence-electron chi connectivity index (χ1n) is 6.46. The van der Waals surface area contributed by atoms with E-state index >= 15 is 0 Å². The van der Waals surface area contributed by atoms with Gasteiger partial charge in [-0.2, -0.15) is 0 Å². The molecule has 98 valence electrons. The van der Waals surface area contributed by atoms with Gasteiger partial charge in [0.25, 0.3) is 0 Å². The van der Waals surface area contributed by atoms with Gasteiger partial charge >= 0.3 is 0 Å². The normalized spacial score (nSPS) is 17.9. The zero-order valence-corrected chi connectivity index (χ0v) is 11.7. The fourth-order valence-electron chi connectivity index (χ4n) is 2.50. The van der Waals surface area contributed by atoms with Crippen LogP contribution in [0.2, 0.25) is 0 Å². The standard InChI is InChI=1S/C15H22N2O/c1-11(18)17(4)10-12-5-6-13-8-15(16(2)3)9-14(13)7-12/h5-7,15H,8-10H2,1-4H3. The lowest BCUT2D eigenvalue weighted by Crippen LogP contribution is -2.27. The summed E-state index contributed by atoms with van der Waals surface area (Å²) >= 11 is 0. The summed E-state index contributed by atoms with van der Waals surface area (Å²) < 4.78 is 0. The maximum absolute atomic E-state index is 11.2. The van der Waals surface area contributed by atoms with Crippen molar-refractivity contribution in [2.45, 2.75) is 32.4 Å². The topological polar surface area (TPSA) is 23.6 Å². The van der Waals surface area contributed by atoms with E-state index in [1.807, 2.05) is 7.05 Å². The molecular formula is C15H22N2O. The van der Waals surface area contributed by atoms with Crippen LogP contribution >= 0.6 is 0 Å². The highest BCUT2D eigenvalue weighted by molar-refractivity contribution is 5.72. The summed E-state index contributed by atoms with van der Waals surface area (Å²) in [5, 5.41) is 0. The molecular weight excluding hydrogens is 224 g/mol. The van der Waals surface area contributed by atoms with Crippen LogP contribution in [0.15, 0.2) is 18.2 Å². The molecule has 0 saturated carbocycles. The number of fused-ring (bicyclic) bond motifs is 1. The zero-order chi connectivity index (χ0) is 13.3. The van der Waals surface area contributed by atoms with Crippen molar-refractivity contribution in [1.82, 2.24) is 9.80 Å². The van der Waals surface area contributed by atoms with E-state index in [0.29, 0.717) is 12.6 Å². The largest absolute Gasteiger partial charge is 0.342 e. The van der Waals surface area contributed by atoms with Crippen LogP contribution in [0.3, 0.4) is 0 Å². The van der Waals surface area contributed by atoms with Gasteiger partial charge in [-0.25, -0.2) is 0 Å². The van der Waals surface area contributed by atoms with Crippen LogP contribution in [0.4, 0.5) is 0 Å². The monoisotopic (exact) mass is 246 g/mol. The van der Waals surface area contributed by atoms with Gasteiger partial charge in [0.15, 0.2) is 0 Å². The van der Waals surface area contributed by atoms with Crippen molar-refractivity contribution in [2.75, 3.05) is 21.1 Å². The predicted molar refractivity (Wildman–Crippen MR) is 73.5 cm³/mol. The molecule has 1 aromatic rings. The summed E-state index contributed by atoms with van der Waals surface area (Å²) in [5.41, 5.74) is 4.14. The predicted octanol–water partition coefficient (Wildman–Crippen LogP) is 1.69. The Balaban J connectivity index is 2.11. The minimum Gasteiger partial charge on any atom is -0.342 e. The highest BCUT2D eigenvalue weighted by Crippen LogP contribution is 2.25. The second-order valence-electron chi connectivity index (χ2n) is 5.50. The summed E-state index contributed by atoms with van der Waals surface area (Å²) in [6, 6.07) is 7.26. The lowest BCUT2D eigenvalue weighted by Gasteiger charge is -2.17. The quantitative estimate of drug-likeness (QED) is 0.810. The molecule has 2 rings (SSSR count). The molecule has 1 unspecified atom stereocenters. The van der Waals surface area contributed by atoms with Crippen LogP contribution in [0.1, 0.15) is 23.6 Å². The number of likely N-dealkylation sites (N-methyl/N-ethyl adjacent to an activating group) is 1. The summed E-state index contributed by atoms with van der Waals surface area (Å²) in [4.78, 5) is 15.3. The summed E-state index contributed by atoms with van der Waals surface area (Å²) in [5.74, 6) is 0.113. The first-order valence-corrected chi connectivity index (χ1v) is 6.46. The highest BCUT2D eigenvalue weighted by Gasteiger charge is 2.23. The number of hydrogen-bond acceptors (Lipinski definition) is 2. The molecule has 1 aromatic carbocycles. The van der Waals surface area contributed by atoms with E-state index in [0.717, 1.165) is 12.8 Å². The molecule has 1 atom stereocenters. The third-order valence-electron chi connectivity index (χ3n) is 3.87. The average molecular weight is 246 g/mol. The van der Waals surface area contributed by atoms with Crippen LogP contribution < -0.4 is 0 Å². The first-order chi connectivity index (χ1) is 8.47. The maximum atomic E-state index is 11.2. The lowest BCUT2D eigenvalue weighted by atomic mass is 10.1. The molecule has 0 fully saturated rings. The number of carbonyl (C=O) groups excluding carboxylic acids is 1. The first kappa shape index (κ1) is 13.1. The maximum Gasteiger partial charge on any atom is 0.219 e. The Morgan fingerprint density at radius 1 is 1.22 bits per heavy atom. The van der Waals surface area contributed by atoms with Crippen molar-refractivity contribution in [3.05, 3.63) is 34.9 Å². The smallest absolute Gasteiger partial charge is 0.219 e. The van der Waals surface area contributed by atoms with Gasteiger partial charge < -0.3 is 9.80 Å². The molecule has 3 heteroatoms. The van der Waals surface area contributed by atoms with E-state index in [4.69, 9.17) is 0 Å². The average Bonchev–Trinajstić information content (AvgIpc) is 2.71. The SMILES string of the molecule is CC(=O)N(C)Cc1ccc2c(c1)CC(N(C)C)C2. The molecule has 0 N–H and O–H groups in total. The van der Waals surface area contributed by atoms with Crippen LogP contribution in [-0.4, -0.2) is 42.9 Å². The number of nitrogens with zero attached hydrogens (tertiary/aromatic N) is 2. The molecule has 0 heterocycles. The Kier molecular flexibility index (Phi) is 3.71. The van der Waals surface area contributed by atoms with Crippen LogP contribution in [0.25, 0.3) is 0 Å². The highest BCUT2D eigenvalue weighted by atomic mass is 16.2. The molecule has 1 aliphatic carbocycles. The Bertz CT molecular complexity index is 454.